The van der Waals surface area contributed by atoms with Crippen molar-refractivity contribution in [1.82, 2.24) is 0 Å². The lowest BCUT2D eigenvalue weighted by molar-refractivity contribution is -0.155. The second kappa shape index (κ2) is 8.90. The first-order valence-corrected chi connectivity index (χ1v) is 9.59. The van der Waals surface area contributed by atoms with Gasteiger partial charge in [-0.3, -0.25) is 9.59 Å². The van der Waals surface area contributed by atoms with E-state index in [-0.39, 0.29) is 17.7 Å². The molecule has 1 aliphatic rings. The van der Waals surface area contributed by atoms with Crippen LogP contribution < -0.4 is 0 Å². The number of allylic oxidation sites excluding steroid dienone is 5. The van der Waals surface area contributed by atoms with E-state index in [9.17, 15) is 9.59 Å². The molecule has 0 aromatic rings. The van der Waals surface area contributed by atoms with Gasteiger partial charge in [0.1, 0.15) is 11.2 Å². The van der Waals surface area contributed by atoms with Gasteiger partial charge in [-0.05, 0) is 65.2 Å². The van der Waals surface area contributed by atoms with Crippen molar-refractivity contribution >= 4 is 11.8 Å². The Balaban J connectivity index is 3.78. The van der Waals surface area contributed by atoms with Crippen molar-refractivity contribution in [2.24, 2.45) is 16.7 Å². The highest BCUT2D eigenvalue weighted by molar-refractivity contribution is 5.97. The first-order chi connectivity index (χ1) is 12.4. The molecule has 0 unspecified atom stereocenters. The van der Waals surface area contributed by atoms with Crippen molar-refractivity contribution < 1.29 is 19.1 Å². The summed E-state index contributed by atoms with van der Waals surface area (Å²) in [6.07, 6.45) is 6.06. The molecule has 1 rings (SSSR count). The number of methoxy groups -OCH3 is 2. The molecular weight excluding hydrogens is 340 g/mol. The summed E-state index contributed by atoms with van der Waals surface area (Å²) in [5.41, 5.74) is 1.58. The Kier molecular flexibility index (Phi) is 7.65. The van der Waals surface area contributed by atoms with Gasteiger partial charge in [0.15, 0.2) is 5.78 Å². The summed E-state index contributed by atoms with van der Waals surface area (Å²) in [7, 11) is 2.95. The van der Waals surface area contributed by atoms with E-state index in [0.717, 1.165) is 12.0 Å². The van der Waals surface area contributed by atoms with Crippen LogP contribution in [0.15, 0.2) is 34.6 Å². The van der Waals surface area contributed by atoms with E-state index in [4.69, 9.17) is 9.47 Å². The lowest BCUT2D eigenvalue weighted by Crippen LogP contribution is -2.47. The van der Waals surface area contributed by atoms with E-state index in [1.807, 2.05) is 19.9 Å². The Morgan fingerprint density at radius 2 is 1.59 bits per heavy atom. The lowest BCUT2D eigenvalue weighted by atomic mass is 9.56. The van der Waals surface area contributed by atoms with Crippen molar-refractivity contribution in [2.75, 3.05) is 14.2 Å². The fourth-order valence-electron chi connectivity index (χ4n) is 4.18. The molecule has 1 aliphatic carbocycles. The summed E-state index contributed by atoms with van der Waals surface area (Å²) in [6, 6.07) is 0. The first kappa shape index (κ1) is 23.2. The molecule has 0 heterocycles. The normalized spacial score (nSPS) is 24.1. The zero-order chi connectivity index (χ0) is 21.0. The number of ketones is 1. The molecule has 0 saturated heterocycles. The standard InChI is InChI=1S/C23H36O4/c1-15(2)10-11-18-14-23(21(25)27-9,13-12-16(3)4)20(26-8)19(17(5)24)22(18,6)7/h10,12,18H,11,13-14H2,1-9H3/t18-,23+/m1/s1. The number of hydrogen-bond donors (Lipinski definition) is 0. The van der Waals surface area contributed by atoms with Crippen LogP contribution in [0.1, 0.15) is 67.7 Å². The zero-order valence-electron chi connectivity index (χ0n) is 18.5. The fourth-order valence-corrected chi connectivity index (χ4v) is 4.18. The molecule has 0 N–H and O–H groups in total. The van der Waals surface area contributed by atoms with Gasteiger partial charge in [-0.1, -0.05) is 37.1 Å². The molecule has 0 aromatic heterocycles. The molecule has 0 radical (unpaired) electrons. The largest absolute Gasteiger partial charge is 0.499 e. The third-order valence-electron chi connectivity index (χ3n) is 5.72. The van der Waals surface area contributed by atoms with Crippen LogP contribution in [0.25, 0.3) is 0 Å². The van der Waals surface area contributed by atoms with Crippen molar-refractivity contribution in [3.05, 3.63) is 34.6 Å². The summed E-state index contributed by atoms with van der Waals surface area (Å²) in [5.74, 6) is 0.199. The Morgan fingerprint density at radius 1 is 1.04 bits per heavy atom. The van der Waals surface area contributed by atoms with Gasteiger partial charge in [-0.15, -0.1) is 0 Å². The molecule has 0 amide bonds. The van der Waals surface area contributed by atoms with Gasteiger partial charge in [0.25, 0.3) is 0 Å². The van der Waals surface area contributed by atoms with E-state index in [0.29, 0.717) is 24.2 Å². The highest BCUT2D eigenvalue weighted by atomic mass is 16.5. The quantitative estimate of drug-likeness (QED) is 0.441. The Hall–Kier alpha value is -1.84. The van der Waals surface area contributed by atoms with Gasteiger partial charge in [0, 0.05) is 5.57 Å². The van der Waals surface area contributed by atoms with Gasteiger partial charge in [-0.25, -0.2) is 0 Å². The third-order valence-corrected chi connectivity index (χ3v) is 5.72. The molecule has 2 atom stereocenters. The smallest absolute Gasteiger partial charge is 0.319 e. The van der Waals surface area contributed by atoms with E-state index >= 15 is 0 Å². The van der Waals surface area contributed by atoms with Crippen LogP contribution >= 0.6 is 0 Å². The van der Waals surface area contributed by atoms with E-state index in [1.54, 1.807) is 14.0 Å². The van der Waals surface area contributed by atoms with Crippen LogP contribution in [-0.2, 0) is 19.1 Å². The number of Topliss-reactive ketones (excluding diaryl/α,β-unsaturated/α-hetero) is 1. The number of hydrogen-bond acceptors (Lipinski definition) is 4. The summed E-state index contributed by atoms with van der Waals surface area (Å²) in [6.45, 7) is 13.8. The zero-order valence-corrected chi connectivity index (χ0v) is 18.5. The number of rotatable bonds is 7. The first-order valence-electron chi connectivity index (χ1n) is 9.59. The average Bonchev–Trinajstić information content (AvgIpc) is 2.57. The van der Waals surface area contributed by atoms with Gasteiger partial charge in [0.05, 0.1) is 14.2 Å². The lowest BCUT2D eigenvalue weighted by Gasteiger charge is -2.48. The summed E-state index contributed by atoms with van der Waals surface area (Å²) < 4.78 is 11.0. The van der Waals surface area contributed by atoms with Gasteiger partial charge in [-0.2, -0.15) is 0 Å². The number of esters is 1. The number of ether oxygens (including phenoxy) is 2. The predicted octanol–water partition coefficient (Wildman–Crippen LogP) is 5.39. The van der Waals surface area contributed by atoms with Gasteiger partial charge < -0.3 is 9.47 Å². The molecule has 0 saturated carbocycles. The Labute approximate surface area is 164 Å². The molecule has 0 aromatic carbocycles. The molecule has 152 valence electrons. The minimum atomic E-state index is -0.975. The van der Waals surface area contributed by atoms with Crippen molar-refractivity contribution in [2.45, 2.75) is 67.7 Å². The van der Waals surface area contributed by atoms with Crippen LogP contribution in [-0.4, -0.2) is 26.0 Å². The minimum absolute atomic E-state index is 0.0516. The van der Waals surface area contributed by atoms with Crippen LogP contribution in [0.2, 0.25) is 0 Å². The van der Waals surface area contributed by atoms with E-state index in [1.165, 1.54) is 12.7 Å². The average molecular weight is 377 g/mol. The fraction of sp³-hybridized carbons (Fsp3) is 0.652. The summed E-state index contributed by atoms with van der Waals surface area (Å²) >= 11 is 0. The molecule has 0 aliphatic heterocycles. The molecule has 4 heteroatoms. The molecule has 0 spiro atoms. The number of carbonyl (C=O) groups excluding carboxylic acids is 2. The maximum atomic E-state index is 13.0. The molecule has 0 fully saturated rings. The highest BCUT2D eigenvalue weighted by Crippen LogP contribution is 2.56. The predicted molar refractivity (Wildman–Crippen MR) is 109 cm³/mol. The van der Waals surface area contributed by atoms with E-state index < -0.39 is 10.8 Å². The van der Waals surface area contributed by atoms with Crippen molar-refractivity contribution in [3.8, 4) is 0 Å². The minimum Gasteiger partial charge on any atom is -0.499 e. The second-order valence-corrected chi connectivity index (χ2v) is 8.66. The molecule has 4 nitrogen and oxygen atoms in total. The van der Waals surface area contributed by atoms with Crippen LogP contribution in [0.3, 0.4) is 0 Å². The summed E-state index contributed by atoms with van der Waals surface area (Å²) in [4.78, 5) is 25.7. The van der Waals surface area contributed by atoms with Crippen LogP contribution in [0.5, 0.6) is 0 Å². The monoisotopic (exact) mass is 376 g/mol. The van der Waals surface area contributed by atoms with Gasteiger partial charge >= 0.3 is 5.97 Å². The SMILES string of the molecule is COC(=O)[C@@]1(CC=C(C)C)C[C@@H](CC=C(C)C)C(C)(C)C(C(C)=O)=C1OC. The van der Waals surface area contributed by atoms with Crippen molar-refractivity contribution in [1.29, 1.82) is 0 Å². The van der Waals surface area contributed by atoms with Crippen molar-refractivity contribution in [3.63, 3.8) is 0 Å². The van der Waals surface area contributed by atoms with Crippen LogP contribution in [0, 0.1) is 16.7 Å². The maximum Gasteiger partial charge on any atom is 0.319 e. The third kappa shape index (κ3) is 4.72. The topological polar surface area (TPSA) is 52.6 Å². The maximum absolute atomic E-state index is 13.0. The number of carbonyl (C=O) groups is 2. The molecule has 27 heavy (non-hydrogen) atoms. The second-order valence-electron chi connectivity index (χ2n) is 8.66. The molecular formula is C23H36O4. The van der Waals surface area contributed by atoms with Crippen LogP contribution in [0.4, 0.5) is 0 Å². The van der Waals surface area contributed by atoms with E-state index in [2.05, 4.69) is 33.8 Å². The highest BCUT2D eigenvalue weighted by Gasteiger charge is 2.55. The van der Waals surface area contributed by atoms with Gasteiger partial charge in [0.2, 0.25) is 0 Å². The summed E-state index contributed by atoms with van der Waals surface area (Å²) in [5, 5.41) is 0. The Morgan fingerprint density at radius 3 is 2.00 bits per heavy atom. The Bertz CT molecular complexity index is 670. The molecule has 0 bridgehead atoms.